The first-order valence-electron chi connectivity index (χ1n) is 4.01. The van der Waals surface area contributed by atoms with Crippen LogP contribution < -0.4 is 0 Å². The number of hydrogen-bond acceptors (Lipinski definition) is 3. The van der Waals surface area contributed by atoms with Gasteiger partial charge in [0.1, 0.15) is 5.69 Å². The van der Waals surface area contributed by atoms with Crippen molar-refractivity contribution in [3.63, 3.8) is 0 Å². The Morgan fingerprint density at radius 1 is 1.38 bits per heavy atom. The lowest BCUT2D eigenvalue weighted by Crippen LogP contribution is -2.12. The van der Waals surface area contributed by atoms with E-state index in [1.807, 2.05) is 0 Å². The van der Waals surface area contributed by atoms with Crippen molar-refractivity contribution in [2.24, 2.45) is 0 Å². The molecule has 0 bridgehead atoms. The van der Waals surface area contributed by atoms with Gasteiger partial charge in [0, 0.05) is 0 Å². The molecule has 0 aliphatic carbocycles. The average molecular weight is 250 g/mol. The van der Waals surface area contributed by atoms with Crippen molar-refractivity contribution in [1.82, 2.24) is 14.6 Å². The highest BCUT2D eigenvalue weighted by Gasteiger charge is 2.34. The number of carbonyl (C=O) groups excluding carboxylic acids is 1. The third-order valence-electron chi connectivity index (χ3n) is 1.85. The molecule has 2 aromatic heterocycles. The predicted molar refractivity (Wildman–Crippen MR) is 48.4 cm³/mol. The molecule has 0 atom stereocenters. The Bertz CT molecular complexity index is 563. The van der Waals surface area contributed by atoms with E-state index in [0.717, 1.165) is 12.1 Å². The molecular weight excluding hydrogens is 247 g/mol. The molecule has 0 N–H and O–H groups in total. The van der Waals surface area contributed by atoms with Crippen LogP contribution in [0, 0.1) is 0 Å². The predicted octanol–water partition coefficient (Wildman–Crippen LogP) is 2.21. The second-order valence-electron chi connectivity index (χ2n) is 2.89. The van der Waals surface area contributed by atoms with E-state index in [-0.39, 0.29) is 22.8 Å². The second kappa shape index (κ2) is 3.44. The summed E-state index contributed by atoms with van der Waals surface area (Å²) in [6.07, 6.45) is -4.33. The summed E-state index contributed by atoms with van der Waals surface area (Å²) in [5, 5.41) is 3.39. The summed E-state index contributed by atoms with van der Waals surface area (Å²) in [5.74, 6) is -0.349. The first-order chi connectivity index (χ1) is 7.43. The van der Waals surface area contributed by atoms with Crippen molar-refractivity contribution >= 4 is 23.5 Å². The smallest absolute Gasteiger partial charge is 0.294 e. The number of pyridine rings is 1. The zero-order valence-corrected chi connectivity index (χ0v) is 8.25. The van der Waals surface area contributed by atoms with Crippen molar-refractivity contribution in [2.75, 3.05) is 0 Å². The number of hydrogen-bond donors (Lipinski definition) is 0. The van der Waals surface area contributed by atoms with Gasteiger partial charge in [-0.25, -0.2) is 9.50 Å². The van der Waals surface area contributed by atoms with Gasteiger partial charge in [0.15, 0.2) is 11.9 Å². The third kappa shape index (κ3) is 1.63. The van der Waals surface area contributed by atoms with E-state index >= 15 is 0 Å². The Balaban J connectivity index is 2.82. The fraction of sp³-hybridized carbons (Fsp3) is 0.125. The summed E-state index contributed by atoms with van der Waals surface area (Å²) in [4.78, 5) is 13.9. The van der Waals surface area contributed by atoms with Crippen molar-refractivity contribution < 1.29 is 18.0 Å². The van der Waals surface area contributed by atoms with E-state index in [4.69, 9.17) is 11.6 Å². The summed E-state index contributed by atoms with van der Waals surface area (Å²) in [6, 6.07) is 1.83. The maximum absolute atomic E-state index is 12.5. The highest BCUT2D eigenvalue weighted by atomic mass is 35.5. The minimum absolute atomic E-state index is 0.00593. The van der Waals surface area contributed by atoms with Gasteiger partial charge in [0.2, 0.25) is 5.82 Å². The molecule has 84 valence electrons. The fourth-order valence-electron chi connectivity index (χ4n) is 1.21. The number of aromatic nitrogens is 3. The Morgan fingerprint density at radius 3 is 2.62 bits per heavy atom. The van der Waals surface area contributed by atoms with Crippen LogP contribution in [0.3, 0.4) is 0 Å². The van der Waals surface area contributed by atoms with Crippen LogP contribution in [-0.4, -0.2) is 20.9 Å². The molecule has 16 heavy (non-hydrogen) atoms. The Morgan fingerprint density at radius 2 is 2.06 bits per heavy atom. The molecule has 4 nitrogen and oxygen atoms in total. The molecule has 0 radical (unpaired) electrons. The first-order valence-corrected chi connectivity index (χ1v) is 4.39. The van der Waals surface area contributed by atoms with Crippen LogP contribution in [0.1, 0.15) is 16.3 Å². The summed E-state index contributed by atoms with van der Waals surface area (Å²) >= 11 is 5.64. The van der Waals surface area contributed by atoms with E-state index in [1.54, 1.807) is 0 Å². The van der Waals surface area contributed by atoms with Gasteiger partial charge < -0.3 is 0 Å². The van der Waals surface area contributed by atoms with Crippen LogP contribution >= 0.6 is 11.6 Å². The molecule has 8 heteroatoms. The number of carbonyl (C=O) groups is 1. The lowest BCUT2D eigenvalue weighted by atomic mass is 10.3. The minimum Gasteiger partial charge on any atom is -0.294 e. The molecule has 0 spiro atoms. The fourth-order valence-corrected chi connectivity index (χ4v) is 1.40. The van der Waals surface area contributed by atoms with Crippen LogP contribution in [0.15, 0.2) is 12.1 Å². The molecule has 2 heterocycles. The largest absolute Gasteiger partial charge is 0.433 e. The normalized spacial score (nSPS) is 12.0. The number of halogens is 4. The molecule has 0 aliphatic rings. The molecule has 0 fully saturated rings. The Kier molecular flexibility index (Phi) is 2.34. The van der Waals surface area contributed by atoms with Gasteiger partial charge in [-0.15, -0.1) is 5.10 Å². The standard InChI is InChI=1S/C8H3ClF3N3O/c9-4-1-2-5(8(10,11)12)15-7(4)13-6(3-16)14-15/h1-3H. The van der Waals surface area contributed by atoms with Crippen molar-refractivity contribution in [2.45, 2.75) is 6.18 Å². The minimum atomic E-state index is -4.59. The number of nitrogens with zero attached hydrogens (tertiary/aromatic N) is 3. The van der Waals surface area contributed by atoms with Gasteiger partial charge in [-0.05, 0) is 12.1 Å². The molecule has 0 aliphatic heterocycles. The van der Waals surface area contributed by atoms with Crippen molar-refractivity contribution in [3.05, 3.63) is 28.7 Å². The molecule has 0 saturated heterocycles. The molecule has 0 unspecified atom stereocenters. The lowest BCUT2D eigenvalue weighted by molar-refractivity contribution is -0.142. The second-order valence-corrected chi connectivity index (χ2v) is 3.29. The summed E-state index contributed by atoms with van der Waals surface area (Å²) in [7, 11) is 0. The first kappa shape index (κ1) is 10.9. The van der Waals surface area contributed by atoms with Crippen molar-refractivity contribution in [3.8, 4) is 0 Å². The zero-order chi connectivity index (χ0) is 11.9. The van der Waals surface area contributed by atoms with Gasteiger partial charge in [0.05, 0.1) is 5.02 Å². The van der Waals surface area contributed by atoms with Crippen LogP contribution in [-0.2, 0) is 6.18 Å². The summed E-state index contributed by atoms with van der Waals surface area (Å²) < 4.78 is 38.1. The zero-order valence-electron chi connectivity index (χ0n) is 7.49. The number of rotatable bonds is 1. The van der Waals surface area contributed by atoms with Gasteiger partial charge >= 0.3 is 6.18 Å². The van der Waals surface area contributed by atoms with Gasteiger partial charge in [-0.1, -0.05) is 11.6 Å². The van der Waals surface area contributed by atoms with E-state index in [1.165, 1.54) is 0 Å². The summed E-state index contributed by atoms with van der Waals surface area (Å²) in [5.41, 5.74) is -1.23. The van der Waals surface area contributed by atoms with Gasteiger partial charge in [0.25, 0.3) is 0 Å². The molecule has 0 aromatic carbocycles. The highest BCUT2D eigenvalue weighted by molar-refractivity contribution is 6.33. The van der Waals surface area contributed by atoms with Crippen LogP contribution in [0.25, 0.3) is 5.65 Å². The average Bonchev–Trinajstić information content (AvgIpc) is 2.60. The maximum atomic E-state index is 12.5. The monoisotopic (exact) mass is 249 g/mol. The quantitative estimate of drug-likeness (QED) is 0.728. The molecule has 2 aromatic rings. The third-order valence-corrected chi connectivity index (χ3v) is 2.14. The molecular formula is C8H3ClF3N3O. The molecule has 2 rings (SSSR count). The topological polar surface area (TPSA) is 47.3 Å². The molecule has 0 amide bonds. The van der Waals surface area contributed by atoms with E-state index in [0.29, 0.717) is 4.52 Å². The van der Waals surface area contributed by atoms with Crippen LogP contribution in [0.5, 0.6) is 0 Å². The van der Waals surface area contributed by atoms with E-state index in [9.17, 15) is 18.0 Å². The van der Waals surface area contributed by atoms with Gasteiger partial charge in [-0.2, -0.15) is 13.2 Å². The van der Waals surface area contributed by atoms with E-state index < -0.39 is 11.9 Å². The van der Waals surface area contributed by atoms with Crippen LogP contribution in [0.4, 0.5) is 13.2 Å². The van der Waals surface area contributed by atoms with E-state index in [2.05, 4.69) is 10.1 Å². The van der Waals surface area contributed by atoms with Crippen molar-refractivity contribution in [1.29, 1.82) is 0 Å². The molecule has 0 saturated carbocycles. The number of alkyl halides is 3. The Hall–Kier alpha value is -1.63. The summed E-state index contributed by atoms with van der Waals surface area (Å²) in [6.45, 7) is 0. The highest BCUT2D eigenvalue weighted by Crippen LogP contribution is 2.31. The number of fused-ring (bicyclic) bond motifs is 1. The maximum Gasteiger partial charge on any atom is 0.433 e. The number of aldehydes is 1. The SMILES string of the molecule is O=Cc1nc2c(Cl)ccc(C(F)(F)F)n2n1. The van der Waals surface area contributed by atoms with Gasteiger partial charge in [-0.3, -0.25) is 4.79 Å². The Labute approximate surface area is 91.6 Å². The van der Waals surface area contributed by atoms with Crippen LogP contribution in [0.2, 0.25) is 5.02 Å². The lowest BCUT2D eigenvalue weighted by Gasteiger charge is -2.07.